The van der Waals surface area contributed by atoms with Crippen LogP contribution < -0.4 is 5.32 Å². The van der Waals surface area contributed by atoms with Gasteiger partial charge in [-0.1, -0.05) is 23.7 Å². The van der Waals surface area contributed by atoms with Crippen LogP contribution in [-0.2, 0) is 11.3 Å². The van der Waals surface area contributed by atoms with Gasteiger partial charge in [0.2, 0.25) is 5.91 Å². The molecule has 1 N–H and O–H groups in total. The first-order valence-corrected chi connectivity index (χ1v) is 7.32. The Morgan fingerprint density at radius 3 is 3.00 bits per heavy atom. The highest BCUT2D eigenvalue weighted by molar-refractivity contribution is 6.30. The lowest BCUT2D eigenvalue weighted by molar-refractivity contribution is -0.137. The number of nitrogens with zero attached hydrogens (tertiary/aromatic N) is 1. The summed E-state index contributed by atoms with van der Waals surface area (Å²) in [6.07, 6.45) is 3.13. The molecule has 0 saturated carbocycles. The van der Waals surface area contributed by atoms with Crippen molar-refractivity contribution in [2.75, 3.05) is 19.6 Å². The lowest BCUT2D eigenvalue weighted by Crippen LogP contribution is -2.45. The standard InChI is InChI=1S/C15H19ClN2O/c16-13-4-1-3-12(9-13)10-18-8-6-15(14(18)19)5-2-7-17-11-15/h1,3-4,9,17H,2,5-8,10-11H2/t15-/m0/s1. The van der Waals surface area contributed by atoms with E-state index < -0.39 is 0 Å². The van der Waals surface area contributed by atoms with Crippen molar-refractivity contribution < 1.29 is 4.79 Å². The van der Waals surface area contributed by atoms with Crippen molar-refractivity contribution >= 4 is 17.5 Å². The molecule has 2 aliphatic heterocycles. The largest absolute Gasteiger partial charge is 0.338 e. The van der Waals surface area contributed by atoms with Crippen LogP contribution in [0, 0.1) is 5.41 Å². The summed E-state index contributed by atoms with van der Waals surface area (Å²) in [5, 5.41) is 4.11. The number of halogens is 1. The Labute approximate surface area is 118 Å². The Morgan fingerprint density at radius 1 is 1.37 bits per heavy atom. The number of benzene rings is 1. The minimum Gasteiger partial charge on any atom is -0.338 e. The molecule has 2 saturated heterocycles. The first kappa shape index (κ1) is 12.9. The fourth-order valence-electron chi connectivity index (χ4n) is 3.26. The van der Waals surface area contributed by atoms with E-state index in [9.17, 15) is 4.79 Å². The summed E-state index contributed by atoms with van der Waals surface area (Å²) in [5.41, 5.74) is 0.985. The van der Waals surface area contributed by atoms with Crippen LogP contribution in [-0.4, -0.2) is 30.4 Å². The number of nitrogens with one attached hydrogen (secondary N) is 1. The molecule has 1 spiro atoms. The molecule has 2 heterocycles. The number of hydrogen-bond donors (Lipinski definition) is 1. The van der Waals surface area contributed by atoms with Crippen molar-refractivity contribution in [3.63, 3.8) is 0 Å². The normalized spacial score (nSPS) is 27.2. The Balaban J connectivity index is 1.72. The molecule has 102 valence electrons. The number of piperidine rings is 1. The van der Waals surface area contributed by atoms with Gasteiger partial charge in [0, 0.05) is 24.7 Å². The third kappa shape index (κ3) is 2.49. The molecule has 0 bridgehead atoms. The zero-order valence-corrected chi connectivity index (χ0v) is 11.7. The number of carbonyl (C=O) groups excluding carboxylic acids is 1. The van der Waals surface area contributed by atoms with Crippen LogP contribution in [0.25, 0.3) is 0 Å². The maximum absolute atomic E-state index is 12.6. The van der Waals surface area contributed by atoms with Crippen LogP contribution in [0.3, 0.4) is 0 Å². The molecule has 0 unspecified atom stereocenters. The lowest BCUT2D eigenvalue weighted by Gasteiger charge is -2.32. The van der Waals surface area contributed by atoms with E-state index in [-0.39, 0.29) is 5.41 Å². The van der Waals surface area contributed by atoms with Crippen molar-refractivity contribution in [1.29, 1.82) is 0 Å². The highest BCUT2D eigenvalue weighted by Gasteiger charge is 2.46. The molecule has 1 aromatic rings. The molecule has 19 heavy (non-hydrogen) atoms. The first-order valence-electron chi connectivity index (χ1n) is 6.94. The molecule has 1 aromatic carbocycles. The van der Waals surface area contributed by atoms with Gasteiger partial charge in [-0.05, 0) is 43.5 Å². The Bertz CT molecular complexity index is 483. The quantitative estimate of drug-likeness (QED) is 0.901. The molecule has 3 rings (SSSR count). The van der Waals surface area contributed by atoms with Crippen LogP contribution >= 0.6 is 11.6 Å². The van der Waals surface area contributed by atoms with Crippen molar-refractivity contribution in [3.8, 4) is 0 Å². The van der Waals surface area contributed by atoms with E-state index in [0.29, 0.717) is 12.5 Å². The van der Waals surface area contributed by atoms with E-state index in [2.05, 4.69) is 5.32 Å². The Hall–Kier alpha value is -1.06. The molecule has 0 aliphatic carbocycles. The van der Waals surface area contributed by atoms with E-state index in [1.807, 2.05) is 29.2 Å². The molecule has 0 aromatic heterocycles. The first-order chi connectivity index (χ1) is 9.20. The molecule has 0 radical (unpaired) electrons. The topological polar surface area (TPSA) is 32.3 Å². The van der Waals surface area contributed by atoms with Crippen LogP contribution in [0.2, 0.25) is 5.02 Å². The molecule has 2 aliphatic rings. The maximum atomic E-state index is 12.6. The van der Waals surface area contributed by atoms with Crippen LogP contribution in [0.5, 0.6) is 0 Å². The number of hydrogen-bond acceptors (Lipinski definition) is 2. The number of rotatable bonds is 2. The van der Waals surface area contributed by atoms with Crippen LogP contribution in [0.1, 0.15) is 24.8 Å². The van der Waals surface area contributed by atoms with Crippen molar-refractivity contribution in [2.45, 2.75) is 25.8 Å². The second-order valence-electron chi connectivity index (χ2n) is 5.67. The van der Waals surface area contributed by atoms with Gasteiger partial charge >= 0.3 is 0 Å². The average molecular weight is 279 g/mol. The van der Waals surface area contributed by atoms with E-state index >= 15 is 0 Å². The average Bonchev–Trinajstić information content (AvgIpc) is 2.70. The molecule has 1 atom stereocenters. The van der Waals surface area contributed by atoms with Gasteiger partial charge in [-0.3, -0.25) is 4.79 Å². The monoisotopic (exact) mass is 278 g/mol. The minimum atomic E-state index is -0.128. The van der Waals surface area contributed by atoms with E-state index in [1.54, 1.807) is 0 Å². The van der Waals surface area contributed by atoms with Gasteiger partial charge in [0.25, 0.3) is 0 Å². The van der Waals surface area contributed by atoms with Crippen molar-refractivity contribution in [1.82, 2.24) is 10.2 Å². The van der Waals surface area contributed by atoms with Gasteiger partial charge < -0.3 is 10.2 Å². The van der Waals surface area contributed by atoms with Crippen LogP contribution in [0.15, 0.2) is 24.3 Å². The zero-order chi connectivity index (χ0) is 13.3. The van der Waals surface area contributed by atoms with Crippen LogP contribution in [0.4, 0.5) is 0 Å². The third-order valence-electron chi connectivity index (χ3n) is 4.34. The Morgan fingerprint density at radius 2 is 2.26 bits per heavy atom. The van der Waals surface area contributed by atoms with Gasteiger partial charge in [0.05, 0.1) is 5.41 Å². The van der Waals surface area contributed by atoms with E-state index in [1.165, 1.54) is 0 Å². The molecule has 1 amide bonds. The summed E-state index contributed by atoms with van der Waals surface area (Å²) in [7, 11) is 0. The smallest absolute Gasteiger partial charge is 0.230 e. The fourth-order valence-corrected chi connectivity index (χ4v) is 3.48. The summed E-state index contributed by atoms with van der Waals surface area (Å²) in [6, 6.07) is 7.78. The van der Waals surface area contributed by atoms with Crippen molar-refractivity contribution in [3.05, 3.63) is 34.9 Å². The molecule has 3 nitrogen and oxygen atoms in total. The lowest BCUT2D eigenvalue weighted by atomic mass is 9.79. The number of likely N-dealkylation sites (tertiary alicyclic amines) is 1. The Kier molecular flexibility index (Phi) is 3.50. The second kappa shape index (κ2) is 5.14. The molecular formula is C15H19ClN2O. The number of carbonyl (C=O) groups is 1. The van der Waals surface area contributed by atoms with E-state index in [4.69, 9.17) is 11.6 Å². The maximum Gasteiger partial charge on any atom is 0.230 e. The second-order valence-corrected chi connectivity index (χ2v) is 6.10. The molecular weight excluding hydrogens is 260 g/mol. The van der Waals surface area contributed by atoms with Gasteiger partial charge in [-0.25, -0.2) is 0 Å². The highest BCUT2D eigenvalue weighted by atomic mass is 35.5. The summed E-state index contributed by atoms with van der Waals surface area (Å²) in [6.45, 7) is 3.44. The van der Waals surface area contributed by atoms with Gasteiger partial charge in [-0.15, -0.1) is 0 Å². The predicted molar refractivity (Wildman–Crippen MR) is 76.0 cm³/mol. The van der Waals surface area contributed by atoms with Gasteiger partial charge in [0.1, 0.15) is 0 Å². The summed E-state index contributed by atoms with van der Waals surface area (Å²) < 4.78 is 0. The minimum absolute atomic E-state index is 0.128. The highest BCUT2D eigenvalue weighted by Crippen LogP contribution is 2.38. The number of amides is 1. The molecule has 4 heteroatoms. The van der Waals surface area contributed by atoms with E-state index in [0.717, 1.165) is 49.5 Å². The summed E-state index contributed by atoms with van der Waals surface area (Å²) in [4.78, 5) is 14.6. The van der Waals surface area contributed by atoms with Crippen molar-refractivity contribution in [2.24, 2.45) is 5.41 Å². The fraction of sp³-hybridized carbons (Fsp3) is 0.533. The van der Waals surface area contributed by atoms with Gasteiger partial charge in [0.15, 0.2) is 0 Å². The zero-order valence-electron chi connectivity index (χ0n) is 11.0. The molecule has 2 fully saturated rings. The van der Waals surface area contributed by atoms with Gasteiger partial charge in [-0.2, -0.15) is 0 Å². The summed E-state index contributed by atoms with van der Waals surface area (Å²) >= 11 is 6.00. The SMILES string of the molecule is O=C1N(Cc2cccc(Cl)c2)CC[C@]12CCCNC2. The predicted octanol–water partition coefficient (Wildman–Crippen LogP) is 2.44. The third-order valence-corrected chi connectivity index (χ3v) is 4.57. The summed E-state index contributed by atoms with van der Waals surface area (Å²) in [5.74, 6) is 0.319.